The summed E-state index contributed by atoms with van der Waals surface area (Å²) < 4.78 is 0. The summed E-state index contributed by atoms with van der Waals surface area (Å²) in [6.45, 7) is 0. The third-order valence-corrected chi connectivity index (χ3v) is 13.1. The average molecular weight is 814 g/mol. The zero-order valence-corrected chi connectivity index (χ0v) is 30.0. The molecule has 8 rings (SSSR count). The maximum atomic E-state index is 2.38. The van der Waals surface area contributed by atoms with Crippen molar-refractivity contribution in [1.82, 2.24) is 0 Å². The van der Waals surface area contributed by atoms with E-state index < -0.39 is 15.8 Å². The van der Waals surface area contributed by atoms with Crippen LogP contribution in [0, 0.1) is 11.8 Å². The summed E-state index contributed by atoms with van der Waals surface area (Å²) in [6, 6.07) is 64.7. The van der Waals surface area contributed by atoms with Crippen molar-refractivity contribution in [2.75, 3.05) is 0 Å². The molecule has 2 unspecified atom stereocenters. The van der Waals surface area contributed by atoms with Gasteiger partial charge in [0.1, 0.15) is 0 Å². The fourth-order valence-corrected chi connectivity index (χ4v) is 10.7. The Morgan fingerprint density at radius 1 is 0.304 bits per heavy atom. The molecule has 1 saturated carbocycles. The molecule has 0 nitrogen and oxygen atoms in total. The molecule has 6 aromatic carbocycles. The van der Waals surface area contributed by atoms with Crippen LogP contribution in [-0.2, 0) is 21.1 Å². The second-order valence-corrected chi connectivity index (χ2v) is 15.8. The maximum absolute atomic E-state index is 2.38. The van der Waals surface area contributed by atoms with E-state index in [1.807, 2.05) is 0 Å². The SMILES string of the molecule is C1=CC2CCC1C2.[Pt].c1ccc(P(c2ccccc2)c2ccccc2)cc1.c1ccc(P(c2ccccc2)c2ccccc2)cc1. The topological polar surface area (TPSA) is 0 Å². The van der Waals surface area contributed by atoms with Gasteiger partial charge in [-0.25, -0.2) is 0 Å². The fourth-order valence-electron chi connectivity index (χ4n) is 6.07. The zero-order valence-electron chi connectivity index (χ0n) is 26.0. The van der Waals surface area contributed by atoms with Crippen LogP contribution in [0.2, 0.25) is 0 Å². The first-order chi connectivity index (χ1) is 22.3. The van der Waals surface area contributed by atoms with Crippen LogP contribution in [0.5, 0.6) is 0 Å². The Morgan fingerprint density at radius 3 is 0.630 bits per heavy atom. The van der Waals surface area contributed by atoms with E-state index in [0.717, 1.165) is 11.8 Å². The van der Waals surface area contributed by atoms with E-state index in [4.69, 9.17) is 0 Å². The molecule has 0 saturated heterocycles. The molecule has 0 N–H and O–H groups in total. The summed E-state index contributed by atoms with van der Waals surface area (Å²) in [6.07, 6.45) is 9.19. The third-order valence-electron chi connectivity index (χ3n) is 8.26. The summed E-state index contributed by atoms with van der Waals surface area (Å²) in [7, 11) is -0.892. The number of benzene rings is 6. The summed E-state index contributed by atoms with van der Waals surface area (Å²) in [5.41, 5.74) is 0. The summed E-state index contributed by atoms with van der Waals surface area (Å²) in [5.74, 6) is 1.98. The van der Waals surface area contributed by atoms with E-state index in [9.17, 15) is 0 Å². The molecule has 0 spiro atoms. The Morgan fingerprint density at radius 2 is 0.500 bits per heavy atom. The van der Waals surface area contributed by atoms with E-state index in [1.54, 1.807) is 0 Å². The molecule has 0 amide bonds. The van der Waals surface area contributed by atoms with E-state index in [1.165, 1.54) is 51.1 Å². The van der Waals surface area contributed by atoms with Gasteiger partial charge in [-0.1, -0.05) is 194 Å². The smallest absolute Gasteiger partial charge is 0 e. The molecule has 2 bridgehead atoms. The molecule has 6 aromatic rings. The van der Waals surface area contributed by atoms with Crippen molar-refractivity contribution >= 4 is 47.7 Å². The van der Waals surface area contributed by atoms with Crippen LogP contribution in [0.1, 0.15) is 19.3 Å². The molecule has 0 radical (unpaired) electrons. The van der Waals surface area contributed by atoms with Gasteiger partial charge in [-0.15, -0.1) is 0 Å². The van der Waals surface area contributed by atoms with Gasteiger partial charge in [0.05, 0.1) is 0 Å². The van der Waals surface area contributed by atoms with Gasteiger partial charge in [-0.2, -0.15) is 0 Å². The average Bonchev–Trinajstić information content (AvgIpc) is 3.79. The maximum Gasteiger partial charge on any atom is 0 e. The van der Waals surface area contributed by atoms with Gasteiger partial charge >= 0.3 is 0 Å². The minimum Gasteiger partial charge on any atom is -0.0851 e. The Hall–Kier alpha value is -3.39. The standard InChI is InChI=1S/2C18H15P.C7H10.Pt/c2*1-4-10-16(11-5-1)19(17-12-6-2-7-13-17)18-14-8-3-9-15-18;1-2-7-4-3-6(1)5-7;/h2*1-15H;1-2,6-7H,3-5H2;. The molecule has 0 aliphatic heterocycles. The number of hydrogen-bond acceptors (Lipinski definition) is 0. The monoisotopic (exact) mass is 813 g/mol. The molecule has 46 heavy (non-hydrogen) atoms. The summed E-state index contributed by atoms with van der Waals surface area (Å²) in [5, 5.41) is 8.39. The van der Waals surface area contributed by atoms with Crippen molar-refractivity contribution in [2.24, 2.45) is 11.8 Å². The van der Waals surface area contributed by atoms with Gasteiger partial charge in [0.15, 0.2) is 0 Å². The van der Waals surface area contributed by atoms with Crippen molar-refractivity contribution < 1.29 is 21.1 Å². The van der Waals surface area contributed by atoms with Crippen LogP contribution in [0.3, 0.4) is 0 Å². The first-order valence-electron chi connectivity index (χ1n) is 15.9. The first kappa shape index (κ1) is 34.0. The zero-order chi connectivity index (χ0) is 30.5. The molecule has 0 heterocycles. The second-order valence-electron chi connectivity index (χ2n) is 11.4. The van der Waals surface area contributed by atoms with Crippen LogP contribution in [-0.4, -0.2) is 0 Å². The molecule has 0 aromatic heterocycles. The predicted octanol–water partition coefficient (Wildman–Crippen LogP) is 8.86. The largest absolute Gasteiger partial charge is 0.0851 e. The molecule has 1 fully saturated rings. The Labute approximate surface area is 292 Å². The number of hydrogen-bond donors (Lipinski definition) is 0. The predicted molar refractivity (Wildman–Crippen MR) is 200 cm³/mol. The Balaban J connectivity index is 0.000000147. The number of fused-ring (bicyclic) bond motifs is 2. The van der Waals surface area contributed by atoms with E-state index in [0.29, 0.717) is 0 Å². The van der Waals surface area contributed by atoms with Crippen molar-refractivity contribution in [2.45, 2.75) is 19.3 Å². The minimum absolute atomic E-state index is 0. The van der Waals surface area contributed by atoms with Gasteiger partial charge in [-0.3, -0.25) is 0 Å². The van der Waals surface area contributed by atoms with Crippen LogP contribution in [0.15, 0.2) is 194 Å². The van der Waals surface area contributed by atoms with Gasteiger partial charge in [0.25, 0.3) is 0 Å². The van der Waals surface area contributed by atoms with Crippen molar-refractivity contribution in [3.8, 4) is 0 Å². The molecular weight excluding hydrogens is 773 g/mol. The van der Waals surface area contributed by atoms with E-state index >= 15 is 0 Å². The second kappa shape index (κ2) is 18.1. The third kappa shape index (κ3) is 9.34. The molecule has 232 valence electrons. The van der Waals surface area contributed by atoms with Crippen molar-refractivity contribution in [1.29, 1.82) is 0 Å². The summed E-state index contributed by atoms with van der Waals surface area (Å²) >= 11 is 0. The first-order valence-corrected chi connectivity index (χ1v) is 18.6. The van der Waals surface area contributed by atoms with Gasteiger partial charge in [0, 0.05) is 21.1 Å². The van der Waals surface area contributed by atoms with E-state index in [2.05, 4.69) is 194 Å². The van der Waals surface area contributed by atoms with Gasteiger partial charge in [-0.05, 0) is 78.8 Å². The van der Waals surface area contributed by atoms with E-state index in [-0.39, 0.29) is 21.1 Å². The van der Waals surface area contributed by atoms with Crippen LogP contribution >= 0.6 is 15.8 Å². The van der Waals surface area contributed by atoms with Crippen LogP contribution < -0.4 is 31.8 Å². The Bertz CT molecular complexity index is 1390. The molecule has 2 aliphatic rings. The minimum atomic E-state index is -0.446. The normalized spacial score (nSPS) is 15.7. The Kier molecular flexibility index (Phi) is 13.3. The summed E-state index contributed by atoms with van der Waals surface area (Å²) in [4.78, 5) is 0. The molecule has 3 heteroatoms. The van der Waals surface area contributed by atoms with Gasteiger partial charge < -0.3 is 0 Å². The van der Waals surface area contributed by atoms with Crippen molar-refractivity contribution in [3.05, 3.63) is 194 Å². The quantitative estimate of drug-likeness (QED) is 0.117. The molecular formula is C43H40P2Pt. The van der Waals surface area contributed by atoms with Crippen LogP contribution in [0.4, 0.5) is 0 Å². The molecule has 2 atom stereocenters. The fraction of sp³-hybridized carbons (Fsp3) is 0.116. The number of rotatable bonds is 6. The van der Waals surface area contributed by atoms with Crippen LogP contribution in [0.25, 0.3) is 0 Å². The van der Waals surface area contributed by atoms with Crippen molar-refractivity contribution in [3.63, 3.8) is 0 Å². The van der Waals surface area contributed by atoms with Gasteiger partial charge in [0.2, 0.25) is 0 Å². The number of allylic oxidation sites excluding steroid dienone is 2. The molecule has 2 aliphatic carbocycles.